The Morgan fingerprint density at radius 2 is 0.533 bits per heavy atom. The number of hydrogen-bond acceptors (Lipinski definition) is 15. The Bertz CT molecular complexity index is 1780. The zero-order chi connectivity index (χ0) is 66.8. The van der Waals surface area contributed by atoms with Crippen LogP contribution in [0.25, 0.3) is 0 Å². The summed E-state index contributed by atoms with van der Waals surface area (Å²) in [6, 6.07) is 0. The molecule has 4 unspecified atom stereocenters. The molecule has 0 aromatic carbocycles. The summed E-state index contributed by atoms with van der Waals surface area (Å²) >= 11 is 0. The maximum Gasteiger partial charge on any atom is 0.472 e. The molecule has 0 saturated carbocycles. The van der Waals surface area contributed by atoms with Crippen LogP contribution in [0.3, 0.4) is 0 Å². The molecule has 0 aliphatic carbocycles. The molecule has 534 valence electrons. The van der Waals surface area contributed by atoms with Crippen LogP contribution in [-0.2, 0) is 65.4 Å². The summed E-state index contributed by atoms with van der Waals surface area (Å²) in [6.07, 6.45) is 43.1. The Morgan fingerprint density at radius 1 is 0.311 bits per heavy atom. The van der Waals surface area contributed by atoms with E-state index in [9.17, 15) is 43.2 Å². The SMILES string of the molecule is CCC(C)CCCCCCCCCCC(=O)O[C@H](COC(=O)CCCCCCCCCC(C)C)COP(=O)(O)OCC(O)COP(=O)(O)OC[C@@H](COC(=O)CCCCCCCCCCCCCCCC(C)C)OC(=O)CCCCCCCCCCCC(C)C. The number of ether oxygens (including phenoxy) is 4. The summed E-state index contributed by atoms with van der Waals surface area (Å²) < 4.78 is 68.3. The average molecular weight is 1330 g/mol. The molecule has 0 aromatic rings. The first-order valence-electron chi connectivity index (χ1n) is 36.7. The molecular formula is C71H138O17P2. The molecule has 0 rings (SSSR count). The standard InChI is InChI=1S/C71H138O17P2/c1-9-64(8)50-42-34-26-20-21-29-38-46-54-71(76)88-67(58-82-69(74)52-44-36-30-22-25-33-41-49-63(6)7)60-86-90(79,80)84-56-65(72)55-83-89(77,78)85-59-66(87-70(75)53-45-37-28-19-15-17-24-32-40-48-62(4)5)57-81-68(73)51-43-35-27-18-14-12-10-11-13-16-23-31-39-47-61(2)3/h61-67,72H,9-60H2,1-8H3,(H,77,78)(H,79,80)/t64?,65?,66-,67-/m1/s1. The van der Waals surface area contributed by atoms with Crippen LogP contribution in [-0.4, -0.2) is 96.7 Å². The lowest BCUT2D eigenvalue weighted by Gasteiger charge is -2.21. The van der Waals surface area contributed by atoms with Gasteiger partial charge in [0.05, 0.1) is 26.4 Å². The Morgan fingerprint density at radius 3 is 0.789 bits per heavy atom. The van der Waals surface area contributed by atoms with E-state index in [1.165, 1.54) is 148 Å². The Labute approximate surface area is 549 Å². The smallest absolute Gasteiger partial charge is 0.462 e. The number of phosphoric acid groups is 2. The molecule has 0 aliphatic rings. The van der Waals surface area contributed by atoms with Gasteiger partial charge in [-0.3, -0.25) is 37.3 Å². The Balaban J connectivity index is 5.24. The predicted molar refractivity (Wildman–Crippen MR) is 363 cm³/mol. The third-order valence-electron chi connectivity index (χ3n) is 16.7. The van der Waals surface area contributed by atoms with E-state index in [1.54, 1.807) is 0 Å². The first-order valence-corrected chi connectivity index (χ1v) is 39.7. The second-order valence-corrected chi connectivity index (χ2v) is 30.2. The van der Waals surface area contributed by atoms with E-state index in [0.717, 1.165) is 114 Å². The number of unbranched alkanes of at least 4 members (excludes halogenated alkanes) is 33. The molecule has 17 nitrogen and oxygen atoms in total. The van der Waals surface area contributed by atoms with Crippen molar-refractivity contribution in [1.29, 1.82) is 0 Å². The molecule has 0 saturated heterocycles. The predicted octanol–water partition coefficient (Wildman–Crippen LogP) is 20.1. The lowest BCUT2D eigenvalue weighted by Crippen LogP contribution is -2.30. The fraction of sp³-hybridized carbons (Fsp3) is 0.944. The highest BCUT2D eigenvalue weighted by Gasteiger charge is 2.30. The van der Waals surface area contributed by atoms with Crippen molar-refractivity contribution in [2.24, 2.45) is 23.7 Å². The molecule has 0 amide bonds. The minimum Gasteiger partial charge on any atom is -0.462 e. The van der Waals surface area contributed by atoms with Crippen molar-refractivity contribution in [3.05, 3.63) is 0 Å². The van der Waals surface area contributed by atoms with Gasteiger partial charge in [0.25, 0.3) is 0 Å². The number of aliphatic hydroxyl groups is 1. The van der Waals surface area contributed by atoms with Gasteiger partial charge in [0.15, 0.2) is 12.2 Å². The van der Waals surface area contributed by atoms with Crippen LogP contribution in [0.4, 0.5) is 0 Å². The molecule has 6 atom stereocenters. The number of aliphatic hydroxyl groups excluding tert-OH is 1. The Kier molecular flexibility index (Phi) is 59.4. The molecule has 0 radical (unpaired) electrons. The lowest BCUT2D eigenvalue weighted by molar-refractivity contribution is -0.161. The van der Waals surface area contributed by atoms with Gasteiger partial charge >= 0.3 is 39.5 Å². The Hall–Kier alpha value is -1.94. The van der Waals surface area contributed by atoms with Crippen LogP contribution < -0.4 is 0 Å². The van der Waals surface area contributed by atoms with Gasteiger partial charge < -0.3 is 33.8 Å². The highest BCUT2D eigenvalue weighted by atomic mass is 31.2. The largest absolute Gasteiger partial charge is 0.472 e. The molecule has 0 bridgehead atoms. The van der Waals surface area contributed by atoms with Crippen molar-refractivity contribution < 1.29 is 80.2 Å². The highest BCUT2D eigenvalue weighted by Crippen LogP contribution is 2.45. The maximum absolute atomic E-state index is 13.0. The fourth-order valence-electron chi connectivity index (χ4n) is 10.6. The van der Waals surface area contributed by atoms with Gasteiger partial charge in [-0.25, -0.2) is 9.13 Å². The number of hydrogen-bond donors (Lipinski definition) is 3. The quantitative estimate of drug-likeness (QED) is 0.0222. The van der Waals surface area contributed by atoms with Crippen molar-refractivity contribution in [3.8, 4) is 0 Å². The number of rotatable bonds is 68. The zero-order valence-corrected chi connectivity index (χ0v) is 60.6. The summed E-state index contributed by atoms with van der Waals surface area (Å²) in [4.78, 5) is 72.6. The van der Waals surface area contributed by atoms with Crippen LogP contribution in [0.2, 0.25) is 0 Å². The third-order valence-corrected chi connectivity index (χ3v) is 18.6. The molecular weight excluding hydrogens is 1190 g/mol. The first-order chi connectivity index (χ1) is 43.1. The van der Waals surface area contributed by atoms with Gasteiger partial charge in [-0.2, -0.15) is 0 Å². The van der Waals surface area contributed by atoms with Crippen LogP contribution in [0.15, 0.2) is 0 Å². The highest BCUT2D eigenvalue weighted by molar-refractivity contribution is 7.47. The van der Waals surface area contributed by atoms with E-state index in [4.69, 9.17) is 37.0 Å². The van der Waals surface area contributed by atoms with Crippen molar-refractivity contribution in [3.63, 3.8) is 0 Å². The van der Waals surface area contributed by atoms with Crippen LogP contribution >= 0.6 is 15.6 Å². The van der Waals surface area contributed by atoms with E-state index in [0.29, 0.717) is 31.6 Å². The summed E-state index contributed by atoms with van der Waals surface area (Å²) in [6.45, 7) is 14.1. The number of carbonyl (C=O) groups excluding carboxylic acids is 4. The molecule has 0 fully saturated rings. The van der Waals surface area contributed by atoms with E-state index in [2.05, 4.69) is 55.4 Å². The van der Waals surface area contributed by atoms with Gasteiger partial charge in [-0.05, 0) is 49.4 Å². The molecule has 19 heteroatoms. The van der Waals surface area contributed by atoms with E-state index in [1.807, 2.05) is 0 Å². The van der Waals surface area contributed by atoms with E-state index >= 15 is 0 Å². The van der Waals surface area contributed by atoms with Gasteiger partial charge in [-0.15, -0.1) is 0 Å². The van der Waals surface area contributed by atoms with Crippen LogP contribution in [0, 0.1) is 23.7 Å². The summed E-state index contributed by atoms with van der Waals surface area (Å²) in [5.41, 5.74) is 0. The first kappa shape index (κ1) is 88.1. The fourth-order valence-corrected chi connectivity index (χ4v) is 12.2. The second kappa shape index (κ2) is 60.7. The number of carbonyl (C=O) groups is 4. The minimum atomic E-state index is -4.95. The van der Waals surface area contributed by atoms with Crippen molar-refractivity contribution in [2.75, 3.05) is 39.6 Å². The van der Waals surface area contributed by atoms with Crippen molar-refractivity contribution >= 4 is 39.5 Å². The summed E-state index contributed by atoms with van der Waals surface area (Å²) in [5, 5.41) is 10.6. The molecule has 3 N–H and O–H groups in total. The monoisotopic (exact) mass is 1320 g/mol. The summed E-state index contributed by atoms with van der Waals surface area (Å²) in [5.74, 6) is 0.872. The average Bonchev–Trinajstić information content (AvgIpc) is 3.71. The zero-order valence-electron chi connectivity index (χ0n) is 58.8. The number of esters is 4. The lowest BCUT2D eigenvalue weighted by atomic mass is 9.99. The molecule has 0 spiro atoms. The van der Waals surface area contributed by atoms with E-state index < -0.39 is 97.5 Å². The van der Waals surface area contributed by atoms with E-state index in [-0.39, 0.29) is 25.7 Å². The molecule has 0 aromatic heterocycles. The maximum atomic E-state index is 13.0. The van der Waals surface area contributed by atoms with Crippen molar-refractivity contribution in [1.82, 2.24) is 0 Å². The van der Waals surface area contributed by atoms with Gasteiger partial charge in [0, 0.05) is 25.7 Å². The second-order valence-electron chi connectivity index (χ2n) is 27.3. The minimum absolute atomic E-state index is 0.104. The number of phosphoric ester groups is 2. The summed E-state index contributed by atoms with van der Waals surface area (Å²) in [7, 11) is -9.90. The van der Waals surface area contributed by atoms with Crippen molar-refractivity contribution in [2.45, 2.75) is 369 Å². The molecule has 90 heavy (non-hydrogen) atoms. The molecule has 0 aliphatic heterocycles. The third kappa shape index (κ3) is 63.5. The van der Waals surface area contributed by atoms with Gasteiger partial charge in [0.1, 0.15) is 19.3 Å². The van der Waals surface area contributed by atoms with Crippen LogP contribution in [0.5, 0.6) is 0 Å². The molecule has 0 heterocycles. The normalized spacial score (nSPS) is 14.6. The van der Waals surface area contributed by atoms with Gasteiger partial charge in [-0.1, -0.05) is 299 Å². The topological polar surface area (TPSA) is 237 Å². The van der Waals surface area contributed by atoms with Crippen LogP contribution in [0.1, 0.15) is 351 Å². The van der Waals surface area contributed by atoms with Gasteiger partial charge in [0.2, 0.25) is 0 Å².